The number of nitrogens with two attached hydrogens (primary N) is 1. The van der Waals surface area contributed by atoms with Crippen LogP contribution in [0.2, 0.25) is 5.02 Å². The van der Waals surface area contributed by atoms with Crippen LogP contribution in [0.4, 0.5) is 0 Å². The van der Waals surface area contributed by atoms with Crippen LogP contribution in [0.5, 0.6) is 0 Å². The van der Waals surface area contributed by atoms with Crippen molar-refractivity contribution in [2.75, 3.05) is 26.2 Å². The van der Waals surface area contributed by atoms with Crippen molar-refractivity contribution in [1.29, 1.82) is 0 Å². The molecule has 1 saturated carbocycles. The van der Waals surface area contributed by atoms with E-state index in [-0.39, 0.29) is 23.8 Å². The molecule has 2 aromatic rings. The predicted octanol–water partition coefficient (Wildman–Crippen LogP) is 3.00. The van der Waals surface area contributed by atoms with E-state index in [9.17, 15) is 14.4 Å². The van der Waals surface area contributed by atoms with Gasteiger partial charge >= 0.3 is 0 Å². The van der Waals surface area contributed by atoms with Crippen LogP contribution in [0.1, 0.15) is 47.6 Å². The Hall–Kier alpha value is -2.90. The minimum atomic E-state index is -0.844. The second kappa shape index (κ2) is 11.0. The van der Waals surface area contributed by atoms with Gasteiger partial charge in [0, 0.05) is 42.8 Å². The molecule has 7 nitrogen and oxygen atoms in total. The van der Waals surface area contributed by atoms with E-state index in [0.717, 1.165) is 25.7 Å². The summed E-state index contributed by atoms with van der Waals surface area (Å²) in [6, 6.07) is 15.4. The quantitative estimate of drug-likeness (QED) is 0.661. The molecule has 180 valence electrons. The maximum Gasteiger partial charge on any atom is 0.253 e. The molecule has 4 rings (SSSR count). The van der Waals surface area contributed by atoms with Crippen molar-refractivity contribution in [2.24, 2.45) is 11.7 Å². The molecule has 3 N–H and O–H groups in total. The van der Waals surface area contributed by atoms with Crippen LogP contribution in [0.25, 0.3) is 0 Å². The Morgan fingerprint density at radius 3 is 2.32 bits per heavy atom. The molecule has 2 aliphatic rings. The summed E-state index contributed by atoms with van der Waals surface area (Å²) >= 11 is 6.05. The molecule has 0 bridgehead atoms. The predicted molar refractivity (Wildman–Crippen MR) is 131 cm³/mol. The van der Waals surface area contributed by atoms with E-state index in [0.29, 0.717) is 42.3 Å². The Morgan fingerprint density at radius 1 is 0.941 bits per heavy atom. The van der Waals surface area contributed by atoms with Crippen LogP contribution >= 0.6 is 11.6 Å². The number of hydrogen-bond acceptors (Lipinski definition) is 4. The second-order valence-corrected chi connectivity index (χ2v) is 9.49. The van der Waals surface area contributed by atoms with Crippen molar-refractivity contribution in [1.82, 2.24) is 15.1 Å². The third-order valence-electron chi connectivity index (χ3n) is 6.91. The molecular formula is C26H31ClN4O3. The lowest BCUT2D eigenvalue weighted by Gasteiger charge is -2.44. The van der Waals surface area contributed by atoms with Crippen molar-refractivity contribution in [2.45, 2.75) is 37.8 Å². The molecule has 0 radical (unpaired) electrons. The number of primary amides is 1. The topological polar surface area (TPSA) is 95.7 Å². The van der Waals surface area contributed by atoms with Crippen LogP contribution in [0.15, 0.2) is 54.6 Å². The fourth-order valence-corrected chi connectivity index (χ4v) is 5.32. The molecule has 1 heterocycles. The zero-order chi connectivity index (χ0) is 24.1. The highest BCUT2D eigenvalue weighted by atomic mass is 35.5. The summed E-state index contributed by atoms with van der Waals surface area (Å²) in [6.07, 6.45) is 3.74. The molecule has 3 atom stereocenters. The highest BCUT2D eigenvalue weighted by Gasteiger charge is 2.38. The Kier molecular flexibility index (Phi) is 7.85. The first kappa shape index (κ1) is 24.2. The SMILES string of the molecule is NC(=O)[C@@H](NC(=O)[C@@H]1CCCC[C@H]1N1CCN(C(=O)c2cccc(Cl)c2)CC1)c1ccccc1. The van der Waals surface area contributed by atoms with Crippen LogP contribution in [-0.4, -0.2) is 59.7 Å². The van der Waals surface area contributed by atoms with Gasteiger partial charge in [-0.25, -0.2) is 0 Å². The number of piperazine rings is 1. The van der Waals surface area contributed by atoms with Gasteiger partial charge in [0.25, 0.3) is 5.91 Å². The summed E-state index contributed by atoms with van der Waals surface area (Å²) in [5, 5.41) is 3.45. The van der Waals surface area contributed by atoms with Gasteiger partial charge in [-0.05, 0) is 36.6 Å². The fourth-order valence-electron chi connectivity index (χ4n) is 5.13. The molecule has 1 saturated heterocycles. The van der Waals surface area contributed by atoms with E-state index in [1.807, 2.05) is 23.1 Å². The zero-order valence-electron chi connectivity index (χ0n) is 19.2. The third-order valence-corrected chi connectivity index (χ3v) is 7.15. The number of amides is 3. The minimum absolute atomic E-state index is 0.0211. The van der Waals surface area contributed by atoms with Gasteiger partial charge in [0.2, 0.25) is 11.8 Å². The van der Waals surface area contributed by atoms with Gasteiger partial charge in [0.05, 0.1) is 5.92 Å². The summed E-state index contributed by atoms with van der Waals surface area (Å²) in [6.45, 7) is 2.62. The molecular weight excluding hydrogens is 452 g/mol. The third kappa shape index (κ3) is 5.59. The highest BCUT2D eigenvalue weighted by molar-refractivity contribution is 6.30. The van der Waals surface area contributed by atoms with E-state index >= 15 is 0 Å². The van der Waals surface area contributed by atoms with Gasteiger partial charge in [-0.1, -0.05) is 60.8 Å². The van der Waals surface area contributed by atoms with Crippen LogP contribution in [0, 0.1) is 5.92 Å². The molecule has 0 spiro atoms. The summed E-state index contributed by atoms with van der Waals surface area (Å²) in [5.41, 5.74) is 6.89. The zero-order valence-corrected chi connectivity index (χ0v) is 19.9. The average molecular weight is 483 g/mol. The fraction of sp³-hybridized carbons (Fsp3) is 0.423. The molecule has 2 aromatic carbocycles. The number of hydrogen-bond donors (Lipinski definition) is 2. The van der Waals surface area contributed by atoms with Crippen molar-refractivity contribution >= 4 is 29.3 Å². The van der Waals surface area contributed by atoms with E-state index in [1.54, 1.807) is 36.4 Å². The Morgan fingerprint density at radius 2 is 1.65 bits per heavy atom. The number of benzene rings is 2. The van der Waals surface area contributed by atoms with Crippen molar-refractivity contribution in [3.05, 3.63) is 70.7 Å². The van der Waals surface area contributed by atoms with E-state index in [2.05, 4.69) is 10.2 Å². The monoisotopic (exact) mass is 482 g/mol. The van der Waals surface area contributed by atoms with Gasteiger partial charge in [0.1, 0.15) is 6.04 Å². The molecule has 34 heavy (non-hydrogen) atoms. The number of carbonyl (C=O) groups excluding carboxylic acids is 3. The largest absolute Gasteiger partial charge is 0.368 e. The summed E-state index contributed by atoms with van der Waals surface area (Å²) in [7, 11) is 0. The van der Waals surface area contributed by atoms with Gasteiger partial charge in [-0.3, -0.25) is 19.3 Å². The second-order valence-electron chi connectivity index (χ2n) is 9.05. The van der Waals surface area contributed by atoms with E-state index in [4.69, 9.17) is 17.3 Å². The Bertz CT molecular complexity index is 1020. The lowest BCUT2D eigenvalue weighted by molar-refractivity contribution is -0.133. The van der Waals surface area contributed by atoms with Crippen LogP contribution in [-0.2, 0) is 9.59 Å². The number of nitrogens with one attached hydrogen (secondary N) is 1. The van der Waals surface area contributed by atoms with Crippen LogP contribution in [0.3, 0.4) is 0 Å². The highest BCUT2D eigenvalue weighted by Crippen LogP contribution is 2.30. The number of carbonyl (C=O) groups is 3. The molecule has 0 unspecified atom stereocenters. The molecule has 1 aliphatic heterocycles. The Labute approximate surface area is 205 Å². The van der Waals surface area contributed by atoms with Crippen molar-refractivity contribution in [3.63, 3.8) is 0 Å². The smallest absolute Gasteiger partial charge is 0.253 e. The molecule has 0 aromatic heterocycles. The molecule has 1 aliphatic carbocycles. The number of nitrogens with zero attached hydrogens (tertiary/aromatic N) is 2. The average Bonchev–Trinajstić information content (AvgIpc) is 2.87. The van der Waals surface area contributed by atoms with E-state index in [1.165, 1.54) is 0 Å². The number of halogens is 1. The van der Waals surface area contributed by atoms with Gasteiger partial charge in [0.15, 0.2) is 0 Å². The lowest BCUT2D eigenvalue weighted by Crippen LogP contribution is -2.56. The summed E-state index contributed by atoms with van der Waals surface area (Å²) in [4.78, 5) is 42.4. The maximum absolute atomic E-state index is 13.3. The lowest BCUT2D eigenvalue weighted by atomic mass is 9.82. The summed E-state index contributed by atoms with van der Waals surface area (Å²) in [5.74, 6) is -0.934. The molecule has 8 heteroatoms. The Balaban J connectivity index is 1.40. The molecule has 2 fully saturated rings. The van der Waals surface area contributed by atoms with Crippen molar-refractivity contribution < 1.29 is 14.4 Å². The van der Waals surface area contributed by atoms with Gasteiger partial charge < -0.3 is 16.0 Å². The maximum atomic E-state index is 13.3. The van der Waals surface area contributed by atoms with Crippen molar-refractivity contribution in [3.8, 4) is 0 Å². The first-order chi connectivity index (χ1) is 16.4. The molecule has 3 amide bonds. The first-order valence-electron chi connectivity index (χ1n) is 11.9. The first-order valence-corrected chi connectivity index (χ1v) is 12.3. The van der Waals surface area contributed by atoms with Gasteiger partial charge in [-0.15, -0.1) is 0 Å². The number of rotatable bonds is 6. The standard InChI is InChI=1S/C26H31ClN4O3/c27-20-10-6-9-19(17-20)26(34)31-15-13-30(14-16-31)22-12-5-4-11-21(22)25(33)29-23(24(28)32)18-7-2-1-3-8-18/h1-3,6-10,17,21-23H,4-5,11-16H2,(H2,28,32)(H,29,33)/t21-,22-,23+/m1/s1. The summed E-state index contributed by atoms with van der Waals surface area (Å²) < 4.78 is 0. The minimum Gasteiger partial charge on any atom is -0.368 e. The van der Waals surface area contributed by atoms with E-state index < -0.39 is 11.9 Å². The van der Waals surface area contributed by atoms with Gasteiger partial charge in [-0.2, -0.15) is 0 Å². The normalized spacial score (nSPS) is 22.1. The van der Waals surface area contributed by atoms with Crippen LogP contribution < -0.4 is 11.1 Å².